The molecule has 106 valence electrons. The van der Waals surface area contributed by atoms with Gasteiger partial charge >= 0.3 is 5.97 Å². The lowest BCUT2D eigenvalue weighted by Gasteiger charge is -2.12. The van der Waals surface area contributed by atoms with E-state index in [1.165, 1.54) is 6.08 Å². The van der Waals surface area contributed by atoms with Crippen molar-refractivity contribution in [2.75, 3.05) is 6.61 Å². The van der Waals surface area contributed by atoms with Crippen molar-refractivity contribution < 1.29 is 14.3 Å². The molecule has 3 nitrogen and oxygen atoms in total. The summed E-state index contributed by atoms with van der Waals surface area (Å²) >= 11 is 6.04. The molecule has 0 amide bonds. The summed E-state index contributed by atoms with van der Waals surface area (Å²) in [5.74, 6) is 0.324. The Hall–Kier alpha value is -2.26. The fourth-order valence-electron chi connectivity index (χ4n) is 2.15. The van der Waals surface area contributed by atoms with Crippen LogP contribution in [0.4, 0.5) is 0 Å². The quantitative estimate of drug-likeness (QED) is 0.804. The third-order valence-electron chi connectivity index (χ3n) is 3.19. The largest absolute Gasteiger partial charge is 0.488 e. The molecule has 0 aliphatic carbocycles. The molecule has 1 heterocycles. The van der Waals surface area contributed by atoms with Crippen molar-refractivity contribution in [1.82, 2.24) is 0 Å². The van der Waals surface area contributed by atoms with Crippen molar-refractivity contribution >= 4 is 23.1 Å². The highest BCUT2D eigenvalue weighted by molar-refractivity contribution is 6.30. The molecular weight excluding hydrogens is 288 g/mol. The number of esters is 1. The second-order valence-electron chi connectivity index (χ2n) is 4.69. The lowest BCUT2D eigenvalue weighted by atomic mass is 10.1. The highest BCUT2D eigenvalue weighted by Crippen LogP contribution is 2.32. The fraction of sp³-hybridized carbons (Fsp3) is 0.118. The standard InChI is InChI=1S/C17H13ClO3/c18-14-6-7-15(13-8-17(19)21-11-13)16(9-14)20-10-12-4-2-1-3-5-12/h1-9H,10-11H2. The number of cyclic esters (lactones) is 1. The Morgan fingerprint density at radius 3 is 2.67 bits per heavy atom. The second-order valence-corrected chi connectivity index (χ2v) is 5.13. The van der Waals surface area contributed by atoms with E-state index in [4.69, 9.17) is 21.1 Å². The van der Waals surface area contributed by atoms with Gasteiger partial charge in [-0.25, -0.2) is 4.79 Å². The molecule has 2 aromatic carbocycles. The molecule has 1 aliphatic rings. The number of benzene rings is 2. The number of ether oxygens (including phenoxy) is 2. The molecule has 1 aliphatic heterocycles. The zero-order valence-electron chi connectivity index (χ0n) is 11.2. The Morgan fingerprint density at radius 1 is 1.14 bits per heavy atom. The molecule has 0 saturated carbocycles. The van der Waals surface area contributed by atoms with Gasteiger partial charge in [0, 0.05) is 22.2 Å². The van der Waals surface area contributed by atoms with Crippen LogP contribution in [0.2, 0.25) is 5.02 Å². The van der Waals surface area contributed by atoms with Crippen LogP contribution in [0.3, 0.4) is 0 Å². The summed E-state index contributed by atoms with van der Waals surface area (Å²) < 4.78 is 10.8. The number of carbonyl (C=O) groups is 1. The van der Waals surface area contributed by atoms with Crippen LogP contribution < -0.4 is 4.74 Å². The van der Waals surface area contributed by atoms with E-state index in [-0.39, 0.29) is 12.6 Å². The maximum Gasteiger partial charge on any atom is 0.331 e. The summed E-state index contributed by atoms with van der Waals surface area (Å²) in [6.45, 7) is 0.707. The maximum absolute atomic E-state index is 11.2. The van der Waals surface area contributed by atoms with Gasteiger partial charge in [0.25, 0.3) is 0 Å². The first-order valence-electron chi connectivity index (χ1n) is 6.56. The predicted molar refractivity (Wildman–Crippen MR) is 81.2 cm³/mol. The second kappa shape index (κ2) is 6.02. The van der Waals surface area contributed by atoms with E-state index in [0.29, 0.717) is 17.4 Å². The van der Waals surface area contributed by atoms with Crippen molar-refractivity contribution in [3.8, 4) is 5.75 Å². The molecule has 3 rings (SSSR count). The van der Waals surface area contributed by atoms with Gasteiger partial charge < -0.3 is 9.47 Å². The number of hydrogen-bond acceptors (Lipinski definition) is 3. The molecule has 0 radical (unpaired) electrons. The van der Waals surface area contributed by atoms with Crippen LogP contribution in [-0.2, 0) is 16.1 Å². The molecule has 0 bridgehead atoms. The summed E-state index contributed by atoms with van der Waals surface area (Å²) in [4.78, 5) is 11.2. The van der Waals surface area contributed by atoms with Crippen LogP contribution in [0, 0.1) is 0 Å². The molecule has 0 fully saturated rings. The number of carbonyl (C=O) groups excluding carboxylic acids is 1. The molecule has 0 saturated heterocycles. The van der Waals surface area contributed by atoms with E-state index in [2.05, 4.69) is 0 Å². The van der Waals surface area contributed by atoms with Crippen molar-refractivity contribution in [1.29, 1.82) is 0 Å². The SMILES string of the molecule is O=C1C=C(c2ccc(Cl)cc2OCc2ccccc2)CO1. The summed E-state index contributed by atoms with van der Waals surface area (Å²) in [7, 11) is 0. The Morgan fingerprint density at radius 2 is 1.95 bits per heavy atom. The summed E-state index contributed by atoms with van der Waals surface area (Å²) in [6, 6.07) is 15.2. The van der Waals surface area contributed by atoms with Crippen LogP contribution in [0.25, 0.3) is 5.57 Å². The molecular formula is C17H13ClO3. The Kier molecular flexibility index (Phi) is 3.93. The van der Waals surface area contributed by atoms with Gasteiger partial charge in [-0.15, -0.1) is 0 Å². The zero-order valence-corrected chi connectivity index (χ0v) is 12.0. The molecule has 2 aromatic rings. The van der Waals surface area contributed by atoms with Crippen molar-refractivity contribution in [3.63, 3.8) is 0 Å². The maximum atomic E-state index is 11.2. The number of rotatable bonds is 4. The first-order chi connectivity index (χ1) is 10.2. The lowest BCUT2D eigenvalue weighted by Crippen LogP contribution is -1.99. The van der Waals surface area contributed by atoms with E-state index in [1.807, 2.05) is 36.4 Å². The topological polar surface area (TPSA) is 35.5 Å². The van der Waals surface area contributed by atoms with Crippen LogP contribution in [0.15, 0.2) is 54.6 Å². The number of hydrogen-bond donors (Lipinski definition) is 0. The molecule has 0 N–H and O–H groups in total. The minimum atomic E-state index is -0.325. The van der Waals surface area contributed by atoms with Crippen LogP contribution in [0.1, 0.15) is 11.1 Å². The molecule has 0 unspecified atom stereocenters. The van der Waals surface area contributed by atoms with Gasteiger partial charge in [0.05, 0.1) is 0 Å². The molecule has 4 heteroatoms. The van der Waals surface area contributed by atoms with Gasteiger partial charge in [-0.1, -0.05) is 41.9 Å². The first-order valence-corrected chi connectivity index (χ1v) is 6.94. The van der Waals surface area contributed by atoms with Crippen LogP contribution in [0.5, 0.6) is 5.75 Å². The lowest BCUT2D eigenvalue weighted by molar-refractivity contribution is -0.134. The zero-order chi connectivity index (χ0) is 14.7. The minimum absolute atomic E-state index is 0.266. The third kappa shape index (κ3) is 3.26. The van der Waals surface area contributed by atoms with Gasteiger partial charge in [0.1, 0.15) is 19.0 Å². The van der Waals surface area contributed by atoms with Gasteiger partial charge in [-0.2, -0.15) is 0 Å². The van der Waals surface area contributed by atoms with Crippen molar-refractivity contribution in [2.24, 2.45) is 0 Å². The van der Waals surface area contributed by atoms with Gasteiger partial charge in [0.2, 0.25) is 0 Å². The average Bonchev–Trinajstić information content (AvgIpc) is 2.93. The van der Waals surface area contributed by atoms with Crippen molar-refractivity contribution in [3.05, 3.63) is 70.8 Å². The fourth-order valence-corrected chi connectivity index (χ4v) is 2.31. The highest BCUT2D eigenvalue weighted by Gasteiger charge is 2.18. The summed E-state index contributed by atoms with van der Waals surface area (Å²) in [5, 5.41) is 0.590. The summed E-state index contributed by atoms with van der Waals surface area (Å²) in [6.07, 6.45) is 1.48. The molecule has 21 heavy (non-hydrogen) atoms. The predicted octanol–water partition coefficient (Wildman–Crippen LogP) is 3.86. The van der Waals surface area contributed by atoms with Crippen LogP contribution in [-0.4, -0.2) is 12.6 Å². The normalized spacial score (nSPS) is 13.8. The first kappa shape index (κ1) is 13.7. The Labute approximate surface area is 127 Å². The molecule has 0 atom stereocenters. The monoisotopic (exact) mass is 300 g/mol. The minimum Gasteiger partial charge on any atom is -0.488 e. The Balaban J connectivity index is 1.85. The van der Waals surface area contributed by atoms with E-state index in [9.17, 15) is 4.79 Å². The van der Waals surface area contributed by atoms with Gasteiger partial charge in [-0.3, -0.25) is 0 Å². The smallest absolute Gasteiger partial charge is 0.331 e. The van der Waals surface area contributed by atoms with E-state index in [1.54, 1.807) is 12.1 Å². The van der Waals surface area contributed by atoms with E-state index < -0.39 is 0 Å². The Bertz CT molecular complexity index is 692. The van der Waals surface area contributed by atoms with E-state index >= 15 is 0 Å². The van der Waals surface area contributed by atoms with E-state index in [0.717, 1.165) is 16.7 Å². The average molecular weight is 301 g/mol. The molecule has 0 spiro atoms. The third-order valence-corrected chi connectivity index (χ3v) is 3.42. The van der Waals surface area contributed by atoms with Crippen LogP contribution >= 0.6 is 11.6 Å². The van der Waals surface area contributed by atoms with Crippen molar-refractivity contribution in [2.45, 2.75) is 6.61 Å². The van der Waals surface area contributed by atoms with Gasteiger partial charge in [-0.05, 0) is 23.8 Å². The van der Waals surface area contributed by atoms with Gasteiger partial charge in [0.15, 0.2) is 0 Å². The highest BCUT2D eigenvalue weighted by atomic mass is 35.5. The number of halogens is 1. The molecule has 0 aromatic heterocycles. The summed E-state index contributed by atoms with van der Waals surface area (Å²) in [5.41, 5.74) is 2.71.